The Bertz CT molecular complexity index is 472. The molecule has 0 radical (unpaired) electrons. The Balaban J connectivity index is 1.62. The van der Waals surface area contributed by atoms with E-state index in [1.165, 1.54) is 0 Å². The van der Waals surface area contributed by atoms with Crippen molar-refractivity contribution in [3.8, 4) is 0 Å². The first kappa shape index (κ1) is 17.8. The van der Waals surface area contributed by atoms with Gasteiger partial charge in [-0.1, -0.05) is 50.1 Å². The van der Waals surface area contributed by atoms with Crippen molar-refractivity contribution >= 4 is 6.03 Å². The lowest BCUT2D eigenvalue weighted by atomic mass is 9.99. The number of benzene rings is 1. The van der Waals surface area contributed by atoms with E-state index >= 15 is 0 Å². The van der Waals surface area contributed by atoms with E-state index in [0.29, 0.717) is 19.8 Å². The third-order valence-electron chi connectivity index (χ3n) is 4.37. The standard InChI is InChI=1S/C18H28N2O3/c1-15(12-23-13-16-7-3-2-4-8-16)11-19-17(22)20-18(14-21)9-5-6-10-18/h2-4,7-8,15,21H,5-6,9-14H2,1H3,(H2,19,20,22). The van der Waals surface area contributed by atoms with Gasteiger partial charge in [-0.2, -0.15) is 0 Å². The van der Waals surface area contributed by atoms with E-state index in [0.717, 1.165) is 31.2 Å². The molecule has 1 unspecified atom stereocenters. The molecule has 0 aromatic heterocycles. The molecule has 5 nitrogen and oxygen atoms in total. The number of carbonyl (C=O) groups excluding carboxylic acids is 1. The molecule has 1 fully saturated rings. The second-order valence-corrected chi connectivity index (χ2v) is 6.59. The molecule has 0 bridgehead atoms. The summed E-state index contributed by atoms with van der Waals surface area (Å²) in [5, 5.41) is 15.3. The van der Waals surface area contributed by atoms with Crippen LogP contribution >= 0.6 is 0 Å². The van der Waals surface area contributed by atoms with Gasteiger partial charge in [0.05, 0.1) is 25.4 Å². The van der Waals surface area contributed by atoms with Crippen LogP contribution in [-0.4, -0.2) is 36.4 Å². The van der Waals surface area contributed by atoms with Gasteiger partial charge in [0.2, 0.25) is 0 Å². The SMILES string of the molecule is CC(CNC(=O)NC1(CO)CCCC1)COCc1ccccc1. The van der Waals surface area contributed by atoms with Crippen LogP contribution in [-0.2, 0) is 11.3 Å². The van der Waals surface area contributed by atoms with Crippen LogP contribution in [0.15, 0.2) is 30.3 Å². The van der Waals surface area contributed by atoms with Gasteiger partial charge in [-0.15, -0.1) is 0 Å². The van der Waals surface area contributed by atoms with Crippen molar-refractivity contribution in [2.75, 3.05) is 19.8 Å². The number of carbonyl (C=O) groups is 1. The molecule has 1 aromatic rings. The minimum absolute atomic E-state index is 0.0101. The fraction of sp³-hybridized carbons (Fsp3) is 0.611. The topological polar surface area (TPSA) is 70.6 Å². The maximum atomic E-state index is 12.0. The van der Waals surface area contributed by atoms with Crippen molar-refractivity contribution in [3.63, 3.8) is 0 Å². The van der Waals surface area contributed by atoms with Crippen molar-refractivity contribution < 1.29 is 14.6 Å². The van der Waals surface area contributed by atoms with Gasteiger partial charge in [-0.05, 0) is 24.3 Å². The third-order valence-corrected chi connectivity index (χ3v) is 4.37. The maximum absolute atomic E-state index is 12.0. The lowest BCUT2D eigenvalue weighted by Gasteiger charge is -2.28. The molecule has 0 aliphatic heterocycles. The van der Waals surface area contributed by atoms with Crippen molar-refractivity contribution in [3.05, 3.63) is 35.9 Å². The van der Waals surface area contributed by atoms with Crippen molar-refractivity contribution in [2.45, 2.75) is 44.8 Å². The predicted octanol–water partition coefficient (Wildman–Crippen LogP) is 2.44. The fourth-order valence-corrected chi connectivity index (χ4v) is 2.94. The number of aliphatic hydroxyl groups excluding tert-OH is 1. The normalized spacial score (nSPS) is 17.7. The minimum Gasteiger partial charge on any atom is -0.394 e. The molecule has 5 heteroatoms. The zero-order valence-corrected chi connectivity index (χ0v) is 13.9. The van der Waals surface area contributed by atoms with Gasteiger partial charge in [0.1, 0.15) is 0 Å². The lowest BCUT2D eigenvalue weighted by Crippen LogP contribution is -2.53. The fourth-order valence-electron chi connectivity index (χ4n) is 2.94. The van der Waals surface area contributed by atoms with Gasteiger partial charge in [-0.3, -0.25) is 0 Å². The first-order valence-corrected chi connectivity index (χ1v) is 8.42. The lowest BCUT2D eigenvalue weighted by molar-refractivity contribution is 0.0920. The number of rotatable bonds is 8. The Morgan fingerprint density at radius 1 is 1.30 bits per heavy atom. The van der Waals surface area contributed by atoms with Crippen LogP contribution < -0.4 is 10.6 Å². The Morgan fingerprint density at radius 2 is 2.00 bits per heavy atom. The summed E-state index contributed by atoms with van der Waals surface area (Å²) in [6.45, 7) is 3.80. The molecule has 23 heavy (non-hydrogen) atoms. The van der Waals surface area contributed by atoms with Crippen LogP contribution in [0.1, 0.15) is 38.2 Å². The van der Waals surface area contributed by atoms with Crippen LogP contribution in [0.2, 0.25) is 0 Å². The van der Waals surface area contributed by atoms with Crippen LogP contribution in [0.3, 0.4) is 0 Å². The quantitative estimate of drug-likeness (QED) is 0.689. The zero-order valence-electron chi connectivity index (χ0n) is 13.9. The van der Waals surface area contributed by atoms with Crippen LogP contribution in [0.5, 0.6) is 0 Å². The van der Waals surface area contributed by atoms with E-state index in [4.69, 9.17) is 4.74 Å². The van der Waals surface area contributed by atoms with E-state index < -0.39 is 5.54 Å². The summed E-state index contributed by atoms with van der Waals surface area (Å²) in [6, 6.07) is 9.84. The molecular weight excluding hydrogens is 292 g/mol. The molecule has 1 aliphatic carbocycles. The number of hydrogen-bond donors (Lipinski definition) is 3. The largest absolute Gasteiger partial charge is 0.394 e. The second kappa shape index (κ2) is 8.89. The summed E-state index contributed by atoms with van der Waals surface area (Å²) in [5.41, 5.74) is 0.730. The highest BCUT2D eigenvalue weighted by Crippen LogP contribution is 2.28. The van der Waals surface area contributed by atoms with E-state index in [-0.39, 0.29) is 18.6 Å². The molecule has 0 saturated heterocycles. The number of amides is 2. The Kier molecular flexibility index (Phi) is 6.86. The molecule has 1 aromatic carbocycles. The minimum atomic E-state index is -0.420. The molecule has 1 saturated carbocycles. The van der Waals surface area contributed by atoms with Gasteiger partial charge in [0.15, 0.2) is 0 Å². The van der Waals surface area contributed by atoms with E-state index in [1.807, 2.05) is 37.3 Å². The molecule has 0 heterocycles. The second-order valence-electron chi connectivity index (χ2n) is 6.59. The molecular formula is C18H28N2O3. The Hall–Kier alpha value is -1.59. The number of hydrogen-bond acceptors (Lipinski definition) is 3. The summed E-state index contributed by atoms with van der Waals surface area (Å²) < 4.78 is 5.68. The summed E-state index contributed by atoms with van der Waals surface area (Å²) >= 11 is 0. The van der Waals surface area contributed by atoms with Gasteiger partial charge < -0.3 is 20.5 Å². The molecule has 1 atom stereocenters. The number of urea groups is 1. The maximum Gasteiger partial charge on any atom is 0.315 e. The van der Waals surface area contributed by atoms with Gasteiger partial charge in [0.25, 0.3) is 0 Å². The van der Waals surface area contributed by atoms with Gasteiger partial charge in [0, 0.05) is 6.54 Å². The summed E-state index contributed by atoms with van der Waals surface area (Å²) in [4.78, 5) is 12.0. The number of nitrogens with one attached hydrogen (secondary N) is 2. The average molecular weight is 320 g/mol. The van der Waals surface area contributed by atoms with E-state index in [9.17, 15) is 9.90 Å². The number of aliphatic hydroxyl groups is 1. The van der Waals surface area contributed by atoms with Crippen LogP contribution in [0, 0.1) is 5.92 Å². The Labute approximate surface area is 138 Å². The Morgan fingerprint density at radius 3 is 2.65 bits per heavy atom. The predicted molar refractivity (Wildman–Crippen MR) is 90.1 cm³/mol. The first-order chi connectivity index (χ1) is 11.1. The monoisotopic (exact) mass is 320 g/mol. The average Bonchev–Trinajstić information content (AvgIpc) is 3.03. The highest BCUT2D eigenvalue weighted by molar-refractivity contribution is 5.74. The third kappa shape index (κ3) is 5.84. The van der Waals surface area contributed by atoms with Crippen LogP contribution in [0.25, 0.3) is 0 Å². The van der Waals surface area contributed by atoms with E-state index in [1.54, 1.807) is 0 Å². The zero-order chi connectivity index (χ0) is 16.5. The molecule has 128 valence electrons. The van der Waals surface area contributed by atoms with Gasteiger partial charge in [-0.25, -0.2) is 4.79 Å². The highest BCUT2D eigenvalue weighted by atomic mass is 16.5. The van der Waals surface area contributed by atoms with Crippen molar-refractivity contribution in [2.24, 2.45) is 5.92 Å². The first-order valence-electron chi connectivity index (χ1n) is 8.42. The molecule has 3 N–H and O–H groups in total. The smallest absolute Gasteiger partial charge is 0.315 e. The number of ether oxygens (including phenoxy) is 1. The van der Waals surface area contributed by atoms with E-state index in [2.05, 4.69) is 10.6 Å². The van der Waals surface area contributed by atoms with Crippen molar-refractivity contribution in [1.82, 2.24) is 10.6 Å². The molecule has 2 amide bonds. The van der Waals surface area contributed by atoms with Crippen molar-refractivity contribution in [1.29, 1.82) is 0 Å². The summed E-state index contributed by atoms with van der Waals surface area (Å²) in [6.07, 6.45) is 3.83. The molecule has 2 rings (SSSR count). The summed E-state index contributed by atoms with van der Waals surface area (Å²) in [5.74, 6) is 0.234. The molecule has 0 spiro atoms. The van der Waals surface area contributed by atoms with Crippen LogP contribution in [0.4, 0.5) is 4.79 Å². The van der Waals surface area contributed by atoms with Gasteiger partial charge >= 0.3 is 6.03 Å². The summed E-state index contributed by atoms with van der Waals surface area (Å²) in [7, 11) is 0. The molecule has 1 aliphatic rings. The highest BCUT2D eigenvalue weighted by Gasteiger charge is 2.34.